The number of anilines is 1. The van der Waals surface area contributed by atoms with Gasteiger partial charge in [0.2, 0.25) is 0 Å². The van der Waals surface area contributed by atoms with Crippen LogP contribution in [0.4, 0.5) is 5.13 Å². The average Bonchev–Trinajstić information content (AvgIpc) is 3.33. The van der Waals surface area contributed by atoms with Crippen LogP contribution in [0, 0.1) is 0 Å². The van der Waals surface area contributed by atoms with Crippen LogP contribution >= 0.6 is 11.3 Å². The van der Waals surface area contributed by atoms with Crippen LogP contribution in [-0.4, -0.2) is 28.0 Å². The highest BCUT2D eigenvalue weighted by Crippen LogP contribution is 2.30. The average molecular weight is 340 g/mol. The molecule has 0 radical (unpaired) electrons. The Kier molecular flexibility index (Phi) is 3.51. The van der Waals surface area contributed by atoms with Crippen LogP contribution in [0.25, 0.3) is 22.6 Å². The number of H-pyrrole nitrogens is 1. The maximum Gasteiger partial charge on any atom is 0.259 e. The predicted octanol–water partition coefficient (Wildman–Crippen LogP) is 3.54. The standard InChI is InChI=1S/C16H12N4O3S/c1-22-10-5-4-9(15(21)20-16-17-6-8-24-16)12-13(10)19-14(18-12)11-3-2-7-23-11/h2-8H,1H3,(H,18,19)(H,17,20,21). The molecule has 0 fully saturated rings. The fourth-order valence-electron chi connectivity index (χ4n) is 2.40. The zero-order valence-electron chi connectivity index (χ0n) is 12.6. The van der Waals surface area contributed by atoms with Gasteiger partial charge in [-0.3, -0.25) is 10.1 Å². The smallest absolute Gasteiger partial charge is 0.259 e. The molecule has 0 unspecified atom stereocenters. The Hall–Kier alpha value is -3.13. The van der Waals surface area contributed by atoms with E-state index in [9.17, 15) is 4.79 Å². The molecule has 0 saturated heterocycles. The topological polar surface area (TPSA) is 93.0 Å². The number of methoxy groups -OCH3 is 1. The number of nitrogens with one attached hydrogen (secondary N) is 2. The molecule has 0 aliphatic carbocycles. The van der Waals surface area contributed by atoms with Crippen molar-refractivity contribution in [1.82, 2.24) is 15.0 Å². The summed E-state index contributed by atoms with van der Waals surface area (Å²) in [5.41, 5.74) is 1.57. The molecule has 0 bridgehead atoms. The number of imidazole rings is 1. The summed E-state index contributed by atoms with van der Waals surface area (Å²) in [7, 11) is 1.57. The minimum absolute atomic E-state index is 0.282. The monoisotopic (exact) mass is 340 g/mol. The largest absolute Gasteiger partial charge is 0.494 e. The van der Waals surface area contributed by atoms with E-state index in [0.29, 0.717) is 39.1 Å². The number of hydrogen-bond acceptors (Lipinski definition) is 6. The molecule has 0 atom stereocenters. The third-order valence-electron chi connectivity index (χ3n) is 3.48. The van der Waals surface area contributed by atoms with E-state index in [1.807, 2.05) is 0 Å². The van der Waals surface area contributed by atoms with Gasteiger partial charge in [0.15, 0.2) is 16.7 Å². The fourth-order valence-corrected chi connectivity index (χ4v) is 2.92. The predicted molar refractivity (Wildman–Crippen MR) is 90.4 cm³/mol. The molecule has 0 saturated carbocycles. The molecule has 4 aromatic rings. The van der Waals surface area contributed by atoms with E-state index in [4.69, 9.17) is 9.15 Å². The van der Waals surface area contributed by atoms with Crippen LogP contribution < -0.4 is 10.1 Å². The van der Waals surface area contributed by atoms with E-state index in [1.165, 1.54) is 11.3 Å². The van der Waals surface area contributed by atoms with Crippen molar-refractivity contribution in [1.29, 1.82) is 0 Å². The molecule has 2 N–H and O–H groups in total. The third-order valence-corrected chi connectivity index (χ3v) is 4.17. The van der Waals surface area contributed by atoms with Crippen LogP contribution in [0.5, 0.6) is 5.75 Å². The lowest BCUT2D eigenvalue weighted by Gasteiger charge is -2.05. The van der Waals surface area contributed by atoms with Crippen molar-refractivity contribution in [3.63, 3.8) is 0 Å². The minimum atomic E-state index is -0.282. The van der Waals surface area contributed by atoms with E-state index in [1.54, 1.807) is 49.2 Å². The quantitative estimate of drug-likeness (QED) is 0.593. The number of hydrogen-bond donors (Lipinski definition) is 2. The molecule has 0 aliphatic heterocycles. The Morgan fingerprint density at radius 1 is 1.38 bits per heavy atom. The van der Waals surface area contributed by atoms with Crippen LogP contribution in [0.15, 0.2) is 46.5 Å². The van der Waals surface area contributed by atoms with Gasteiger partial charge in [-0.1, -0.05) is 0 Å². The lowest BCUT2D eigenvalue weighted by atomic mass is 10.1. The van der Waals surface area contributed by atoms with Crippen molar-refractivity contribution >= 4 is 33.4 Å². The number of amides is 1. The van der Waals surface area contributed by atoms with E-state index in [-0.39, 0.29) is 5.91 Å². The molecule has 1 amide bonds. The summed E-state index contributed by atoms with van der Waals surface area (Å²) >= 11 is 1.35. The molecule has 3 aromatic heterocycles. The Labute approximate surface area is 140 Å². The molecule has 120 valence electrons. The summed E-state index contributed by atoms with van der Waals surface area (Å²) in [5.74, 6) is 1.43. The summed E-state index contributed by atoms with van der Waals surface area (Å²) in [4.78, 5) is 24.3. The van der Waals surface area contributed by atoms with Crippen LogP contribution in [-0.2, 0) is 0 Å². The van der Waals surface area contributed by atoms with Crippen molar-refractivity contribution in [3.8, 4) is 17.3 Å². The Balaban J connectivity index is 1.82. The molecule has 3 heterocycles. The normalized spacial score (nSPS) is 10.9. The lowest BCUT2D eigenvalue weighted by molar-refractivity contribution is 0.102. The molecular formula is C16H12N4O3S. The van der Waals surface area contributed by atoms with Crippen molar-refractivity contribution in [2.45, 2.75) is 0 Å². The van der Waals surface area contributed by atoms with E-state index >= 15 is 0 Å². The molecule has 24 heavy (non-hydrogen) atoms. The van der Waals surface area contributed by atoms with Crippen molar-refractivity contribution in [2.24, 2.45) is 0 Å². The highest BCUT2D eigenvalue weighted by Gasteiger charge is 2.19. The van der Waals surface area contributed by atoms with Gasteiger partial charge >= 0.3 is 0 Å². The van der Waals surface area contributed by atoms with Gasteiger partial charge in [0.25, 0.3) is 5.91 Å². The lowest BCUT2D eigenvalue weighted by Crippen LogP contribution is -2.12. The maximum absolute atomic E-state index is 12.6. The second-order valence-corrected chi connectivity index (χ2v) is 5.79. The molecule has 8 heteroatoms. The van der Waals surface area contributed by atoms with E-state index < -0.39 is 0 Å². The number of nitrogens with zero attached hydrogens (tertiary/aromatic N) is 2. The summed E-state index contributed by atoms with van der Waals surface area (Å²) in [6.07, 6.45) is 3.20. The second kappa shape index (κ2) is 5.82. The van der Waals surface area contributed by atoms with Crippen LogP contribution in [0.1, 0.15) is 10.4 Å². The van der Waals surface area contributed by atoms with Gasteiger partial charge in [-0.15, -0.1) is 11.3 Å². The summed E-state index contributed by atoms with van der Waals surface area (Å²) in [6, 6.07) is 6.97. The number of rotatable bonds is 4. The van der Waals surface area contributed by atoms with Gasteiger partial charge in [-0.25, -0.2) is 9.97 Å². The number of carbonyl (C=O) groups is 1. The summed E-state index contributed by atoms with van der Waals surface area (Å²) in [5, 5.41) is 5.09. The summed E-state index contributed by atoms with van der Waals surface area (Å²) < 4.78 is 10.7. The number of carbonyl (C=O) groups excluding carboxylic acids is 1. The number of furan rings is 1. The highest BCUT2D eigenvalue weighted by molar-refractivity contribution is 7.13. The van der Waals surface area contributed by atoms with Gasteiger partial charge in [-0.05, 0) is 24.3 Å². The number of aromatic amines is 1. The molecule has 7 nitrogen and oxygen atoms in total. The molecule has 0 spiro atoms. The number of benzene rings is 1. The zero-order valence-corrected chi connectivity index (χ0v) is 13.4. The number of ether oxygens (including phenoxy) is 1. The Morgan fingerprint density at radius 2 is 2.29 bits per heavy atom. The highest BCUT2D eigenvalue weighted by atomic mass is 32.1. The van der Waals surface area contributed by atoms with Crippen molar-refractivity contribution in [3.05, 3.63) is 47.7 Å². The molecule has 1 aromatic carbocycles. The first-order valence-corrected chi connectivity index (χ1v) is 7.95. The van der Waals surface area contributed by atoms with Gasteiger partial charge in [0, 0.05) is 11.6 Å². The first-order valence-electron chi connectivity index (χ1n) is 7.07. The van der Waals surface area contributed by atoms with Crippen molar-refractivity contribution in [2.75, 3.05) is 12.4 Å². The van der Waals surface area contributed by atoms with Gasteiger partial charge < -0.3 is 14.1 Å². The first-order chi connectivity index (χ1) is 11.8. The van der Waals surface area contributed by atoms with Gasteiger partial charge in [0.05, 0.1) is 18.9 Å². The molecule has 0 aliphatic rings. The van der Waals surface area contributed by atoms with Crippen molar-refractivity contribution < 1.29 is 13.9 Å². The Morgan fingerprint density at radius 3 is 3.00 bits per heavy atom. The summed E-state index contributed by atoms with van der Waals surface area (Å²) in [6.45, 7) is 0. The fraction of sp³-hybridized carbons (Fsp3) is 0.0625. The number of fused-ring (bicyclic) bond motifs is 1. The SMILES string of the molecule is COc1ccc(C(=O)Nc2nccs2)c2nc(-c3ccco3)[nH]c12. The molecule has 4 rings (SSSR count). The minimum Gasteiger partial charge on any atom is -0.494 e. The Bertz CT molecular complexity index is 990. The number of thiazole rings is 1. The zero-order chi connectivity index (χ0) is 16.5. The third kappa shape index (κ3) is 2.42. The molecular weight excluding hydrogens is 328 g/mol. The number of aromatic nitrogens is 3. The van der Waals surface area contributed by atoms with Crippen LogP contribution in [0.2, 0.25) is 0 Å². The van der Waals surface area contributed by atoms with Gasteiger partial charge in [-0.2, -0.15) is 0 Å². The van der Waals surface area contributed by atoms with Gasteiger partial charge in [0.1, 0.15) is 16.8 Å². The van der Waals surface area contributed by atoms with E-state index in [2.05, 4.69) is 20.3 Å². The second-order valence-electron chi connectivity index (χ2n) is 4.89. The van der Waals surface area contributed by atoms with E-state index in [0.717, 1.165) is 0 Å². The first kappa shape index (κ1) is 14.5. The maximum atomic E-state index is 12.6. The van der Waals surface area contributed by atoms with Crippen LogP contribution in [0.3, 0.4) is 0 Å².